The van der Waals surface area contributed by atoms with Crippen molar-refractivity contribution in [2.75, 3.05) is 10.6 Å². The molecule has 0 saturated heterocycles. The zero-order valence-corrected chi connectivity index (χ0v) is 10.0. The number of aromatic nitrogens is 2. The van der Waals surface area contributed by atoms with Gasteiger partial charge in [0.15, 0.2) is 11.0 Å². The molecule has 4 nitrogen and oxygen atoms in total. The molecule has 14 heavy (non-hydrogen) atoms. The fourth-order valence-corrected chi connectivity index (χ4v) is 1.35. The van der Waals surface area contributed by atoms with E-state index in [1.807, 2.05) is 0 Å². The summed E-state index contributed by atoms with van der Waals surface area (Å²) in [5.41, 5.74) is 0. The molecule has 0 aliphatic carbocycles. The first-order chi connectivity index (χ1) is 6.65. The van der Waals surface area contributed by atoms with Crippen LogP contribution in [0.4, 0.5) is 5.82 Å². The third-order valence-electron chi connectivity index (χ3n) is 1.33. The summed E-state index contributed by atoms with van der Waals surface area (Å²) in [6.07, 6.45) is 1.58. The van der Waals surface area contributed by atoms with Gasteiger partial charge in [-0.25, -0.2) is 9.97 Å². The van der Waals surface area contributed by atoms with Gasteiger partial charge < -0.3 is 5.32 Å². The monoisotopic (exact) mass is 297 g/mol. The Bertz CT molecular complexity index is 348. The van der Waals surface area contributed by atoms with E-state index < -0.39 is 0 Å². The van der Waals surface area contributed by atoms with Crippen molar-refractivity contribution in [2.45, 2.75) is 6.42 Å². The van der Waals surface area contributed by atoms with Gasteiger partial charge in [-0.15, -0.1) is 0 Å². The van der Waals surface area contributed by atoms with Gasteiger partial charge in [0.05, 0.1) is 0 Å². The van der Waals surface area contributed by atoms with Crippen LogP contribution in [0.2, 0.25) is 10.2 Å². The second kappa shape index (κ2) is 5.48. The van der Waals surface area contributed by atoms with Crippen LogP contribution in [0.1, 0.15) is 6.42 Å². The van der Waals surface area contributed by atoms with E-state index >= 15 is 0 Å². The zero-order chi connectivity index (χ0) is 10.6. The Labute approximate surface area is 99.2 Å². The normalized spacial score (nSPS) is 9.93. The molecule has 1 aromatic heterocycles. The number of halogens is 3. The highest BCUT2D eigenvalue weighted by Gasteiger charge is 2.09. The molecule has 1 aromatic rings. The minimum absolute atomic E-state index is 0.121. The molecule has 1 heterocycles. The first-order valence-electron chi connectivity index (χ1n) is 3.67. The van der Waals surface area contributed by atoms with Crippen LogP contribution in [0, 0.1) is 0 Å². The summed E-state index contributed by atoms with van der Waals surface area (Å²) in [5.74, 6) is 0.0520. The highest BCUT2D eigenvalue weighted by molar-refractivity contribution is 9.09. The predicted molar refractivity (Wildman–Crippen MR) is 59.1 cm³/mol. The Morgan fingerprint density at radius 3 is 2.86 bits per heavy atom. The van der Waals surface area contributed by atoms with Gasteiger partial charge in [-0.05, 0) is 0 Å². The number of hydrogen-bond donors (Lipinski definition) is 1. The minimum Gasteiger partial charge on any atom is -0.309 e. The Kier molecular flexibility index (Phi) is 4.57. The quantitative estimate of drug-likeness (QED) is 0.689. The van der Waals surface area contributed by atoms with Gasteiger partial charge in [0.1, 0.15) is 11.3 Å². The van der Waals surface area contributed by atoms with E-state index in [0.29, 0.717) is 11.8 Å². The Morgan fingerprint density at radius 1 is 1.50 bits per heavy atom. The van der Waals surface area contributed by atoms with E-state index in [0.717, 1.165) is 0 Å². The van der Waals surface area contributed by atoms with Crippen molar-refractivity contribution in [1.82, 2.24) is 9.97 Å². The molecule has 0 fully saturated rings. The van der Waals surface area contributed by atoms with Crippen molar-refractivity contribution in [1.29, 1.82) is 0 Å². The number of nitrogens with zero attached hydrogens (tertiary/aromatic N) is 2. The molecule has 0 atom stereocenters. The first kappa shape index (κ1) is 11.7. The van der Waals surface area contributed by atoms with Crippen LogP contribution in [0.5, 0.6) is 0 Å². The van der Waals surface area contributed by atoms with Gasteiger partial charge in [0, 0.05) is 11.8 Å². The maximum absolute atomic E-state index is 11.2. The van der Waals surface area contributed by atoms with E-state index in [9.17, 15) is 4.79 Å². The topological polar surface area (TPSA) is 54.9 Å². The number of alkyl halides is 1. The zero-order valence-electron chi connectivity index (χ0n) is 6.93. The summed E-state index contributed by atoms with van der Waals surface area (Å²) in [5, 5.41) is 3.37. The molecule has 0 aromatic carbocycles. The number of amides is 1. The SMILES string of the molecule is O=C(CCBr)Nc1ncnc(Cl)c1Cl. The third-order valence-corrected chi connectivity index (χ3v) is 2.46. The van der Waals surface area contributed by atoms with E-state index in [1.165, 1.54) is 6.33 Å². The van der Waals surface area contributed by atoms with E-state index in [4.69, 9.17) is 23.2 Å². The maximum atomic E-state index is 11.2. The van der Waals surface area contributed by atoms with Crippen LogP contribution in [-0.4, -0.2) is 21.2 Å². The van der Waals surface area contributed by atoms with Gasteiger partial charge in [-0.3, -0.25) is 4.79 Å². The van der Waals surface area contributed by atoms with Crippen LogP contribution in [-0.2, 0) is 4.79 Å². The summed E-state index contributed by atoms with van der Waals surface area (Å²) in [7, 11) is 0. The fraction of sp³-hybridized carbons (Fsp3) is 0.286. The summed E-state index contributed by atoms with van der Waals surface area (Å²) in [6, 6.07) is 0. The number of carbonyl (C=O) groups is 1. The molecule has 1 rings (SSSR count). The number of rotatable bonds is 3. The van der Waals surface area contributed by atoms with Crippen LogP contribution >= 0.6 is 39.1 Å². The second-order valence-electron chi connectivity index (χ2n) is 2.31. The number of anilines is 1. The number of hydrogen-bond acceptors (Lipinski definition) is 3. The minimum atomic E-state index is -0.182. The highest BCUT2D eigenvalue weighted by atomic mass is 79.9. The molecule has 0 spiro atoms. The lowest BCUT2D eigenvalue weighted by Gasteiger charge is -2.04. The average molecular weight is 299 g/mol. The molecule has 0 aliphatic rings. The Balaban J connectivity index is 2.76. The van der Waals surface area contributed by atoms with Crippen molar-refractivity contribution in [2.24, 2.45) is 0 Å². The first-order valence-corrected chi connectivity index (χ1v) is 5.54. The van der Waals surface area contributed by atoms with Crippen LogP contribution in [0.15, 0.2) is 6.33 Å². The second-order valence-corrected chi connectivity index (χ2v) is 3.84. The van der Waals surface area contributed by atoms with Crippen molar-refractivity contribution in [3.63, 3.8) is 0 Å². The summed E-state index contributed by atoms with van der Waals surface area (Å²) in [6.45, 7) is 0. The molecule has 1 N–H and O–H groups in total. The van der Waals surface area contributed by atoms with Crippen molar-refractivity contribution >= 4 is 50.9 Å². The summed E-state index contributed by atoms with van der Waals surface area (Å²) >= 11 is 14.5. The molecule has 76 valence electrons. The number of carbonyl (C=O) groups excluding carboxylic acids is 1. The Morgan fingerprint density at radius 2 is 2.21 bits per heavy atom. The molecule has 1 amide bonds. The third kappa shape index (κ3) is 3.08. The van der Waals surface area contributed by atoms with Gasteiger partial charge in [0.2, 0.25) is 5.91 Å². The number of nitrogens with one attached hydrogen (secondary N) is 1. The standard InChI is InChI=1S/C7H6BrCl2N3O/c8-2-1-4(14)13-7-5(9)6(10)11-3-12-7/h3H,1-2H2,(H,11,12,13,14). The Hall–Kier alpha value is -0.390. The lowest BCUT2D eigenvalue weighted by molar-refractivity contribution is -0.115. The van der Waals surface area contributed by atoms with E-state index in [-0.39, 0.29) is 21.9 Å². The molecule has 0 bridgehead atoms. The maximum Gasteiger partial charge on any atom is 0.226 e. The summed E-state index contributed by atoms with van der Waals surface area (Å²) in [4.78, 5) is 18.6. The van der Waals surface area contributed by atoms with Crippen molar-refractivity contribution in [3.05, 3.63) is 16.5 Å². The molecule has 0 aliphatic heterocycles. The fourth-order valence-electron chi connectivity index (χ4n) is 0.716. The lowest BCUT2D eigenvalue weighted by Crippen LogP contribution is -2.13. The smallest absolute Gasteiger partial charge is 0.226 e. The largest absolute Gasteiger partial charge is 0.309 e. The molecular weight excluding hydrogens is 293 g/mol. The predicted octanol–water partition coefficient (Wildman–Crippen LogP) is 2.51. The van der Waals surface area contributed by atoms with Gasteiger partial charge in [0.25, 0.3) is 0 Å². The lowest BCUT2D eigenvalue weighted by atomic mass is 10.4. The average Bonchev–Trinajstić information content (AvgIpc) is 2.13. The van der Waals surface area contributed by atoms with Gasteiger partial charge >= 0.3 is 0 Å². The summed E-state index contributed by atoms with van der Waals surface area (Å²) < 4.78 is 0. The van der Waals surface area contributed by atoms with Crippen molar-refractivity contribution < 1.29 is 4.79 Å². The van der Waals surface area contributed by atoms with Crippen LogP contribution in [0.25, 0.3) is 0 Å². The molecule has 0 saturated carbocycles. The molecule has 0 unspecified atom stereocenters. The van der Waals surface area contributed by atoms with E-state index in [2.05, 4.69) is 31.2 Å². The molecule has 7 heteroatoms. The molecular formula is C7H6BrCl2N3O. The van der Waals surface area contributed by atoms with Gasteiger partial charge in [-0.2, -0.15) is 0 Å². The van der Waals surface area contributed by atoms with Crippen LogP contribution in [0.3, 0.4) is 0 Å². The highest BCUT2D eigenvalue weighted by Crippen LogP contribution is 2.25. The molecule has 0 radical (unpaired) electrons. The van der Waals surface area contributed by atoms with Crippen LogP contribution < -0.4 is 5.32 Å². The van der Waals surface area contributed by atoms with E-state index in [1.54, 1.807) is 0 Å². The van der Waals surface area contributed by atoms with Crippen molar-refractivity contribution in [3.8, 4) is 0 Å². The van der Waals surface area contributed by atoms with Gasteiger partial charge in [-0.1, -0.05) is 39.1 Å².